The van der Waals surface area contributed by atoms with Gasteiger partial charge < -0.3 is 15.7 Å². The highest BCUT2D eigenvalue weighted by molar-refractivity contribution is 5.88. The Morgan fingerprint density at radius 2 is 2.28 bits per heavy atom. The Hall–Kier alpha value is -1.69. The molecule has 1 saturated carbocycles. The number of rotatable bonds is 7. The van der Waals surface area contributed by atoms with Crippen LogP contribution in [0.2, 0.25) is 0 Å². The molecule has 0 radical (unpaired) electrons. The van der Waals surface area contributed by atoms with Crippen LogP contribution in [0.25, 0.3) is 0 Å². The number of nitrogens with one attached hydrogen (secondary N) is 2. The van der Waals surface area contributed by atoms with Crippen LogP contribution in [-0.4, -0.2) is 40.2 Å². The van der Waals surface area contributed by atoms with E-state index in [0.29, 0.717) is 11.6 Å². The molecule has 1 aromatic heterocycles. The number of anilines is 1. The third-order valence-corrected chi connectivity index (χ3v) is 2.86. The summed E-state index contributed by atoms with van der Waals surface area (Å²) in [6.45, 7) is 3.44. The highest BCUT2D eigenvalue weighted by Crippen LogP contribution is 2.18. The maximum atomic E-state index is 10.8. The Bertz CT molecular complexity index is 432. The molecule has 0 bridgehead atoms. The van der Waals surface area contributed by atoms with Crippen molar-refractivity contribution in [1.29, 1.82) is 0 Å². The second kappa shape index (κ2) is 5.77. The van der Waals surface area contributed by atoms with Gasteiger partial charge in [-0.15, -0.1) is 0 Å². The summed E-state index contributed by atoms with van der Waals surface area (Å²) in [5.74, 6) is -0.503. The van der Waals surface area contributed by atoms with Gasteiger partial charge in [-0.3, -0.25) is 0 Å². The standard InChI is InChI=1S/C12H18N4O2/c1-8-10(11(17)18)7-15-12(16-8)14-6-2-5-13-9-3-4-9/h7,9,13H,2-6H2,1H3,(H,17,18)(H,14,15,16). The number of aromatic carboxylic acids is 1. The first-order valence-electron chi connectivity index (χ1n) is 6.21. The van der Waals surface area contributed by atoms with Crippen molar-refractivity contribution in [2.75, 3.05) is 18.4 Å². The molecule has 0 amide bonds. The molecule has 3 N–H and O–H groups in total. The van der Waals surface area contributed by atoms with Crippen LogP contribution in [0.4, 0.5) is 5.95 Å². The average Bonchev–Trinajstić information content (AvgIpc) is 3.12. The molecule has 0 unspecified atom stereocenters. The van der Waals surface area contributed by atoms with Crippen LogP contribution in [-0.2, 0) is 0 Å². The number of nitrogens with zero attached hydrogens (tertiary/aromatic N) is 2. The summed E-state index contributed by atoms with van der Waals surface area (Å²) >= 11 is 0. The normalized spacial score (nSPS) is 14.5. The summed E-state index contributed by atoms with van der Waals surface area (Å²) in [7, 11) is 0. The molecule has 6 nitrogen and oxygen atoms in total. The predicted octanol–water partition coefficient (Wildman–Crippen LogP) is 1.04. The van der Waals surface area contributed by atoms with E-state index in [4.69, 9.17) is 5.11 Å². The molecule has 1 aromatic rings. The fraction of sp³-hybridized carbons (Fsp3) is 0.583. The van der Waals surface area contributed by atoms with Gasteiger partial charge in [0.25, 0.3) is 0 Å². The second-order valence-corrected chi connectivity index (χ2v) is 4.51. The van der Waals surface area contributed by atoms with E-state index in [-0.39, 0.29) is 5.56 Å². The largest absolute Gasteiger partial charge is 0.478 e. The zero-order valence-electron chi connectivity index (χ0n) is 10.4. The molecule has 2 rings (SSSR count). The molecule has 1 aliphatic rings. The van der Waals surface area contributed by atoms with Crippen molar-refractivity contribution in [2.24, 2.45) is 0 Å². The molecule has 1 aliphatic carbocycles. The summed E-state index contributed by atoms with van der Waals surface area (Å²) in [4.78, 5) is 18.9. The van der Waals surface area contributed by atoms with Crippen LogP contribution in [0, 0.1) is 6.92 Å². The van der Waals surface area contributed by atoms with E-state index in [9.17, 15) is 4.79 Å². The molecule has 6 heteroatoms. The van der Waals surface area contributed by atoms with E-state index in [0.717, 1.165) is 25.6 Å². The number of carboxylic acids is 1. The third-order valence-electron chi connectivity index (χ3n) is 2.86. The lowest BCUT2D eigenvalue weighted by atomic mass is 10.2. The lowest BCUT2D eigenvalue weighted by Crippen LogP contribution is -2.20. The van der Waals surface area contributed by atoms with Crippen molar-refractivity contribution in [3.63, 3.8) is 0 Å². The van der Waals surface area contributed by atoms with Crippen LogP contribution in [0.3, 0.4) is 0 Å². The molecule has 98 valence electrons. The zero-order valence-corrected chi connectivity index (χ0v) is 10.4. The molecular weight excluding hydrogens is 232 g/mol. The Morgan fingerprint density at radius 3 is 2.89 bits per heavy atom. The lowest BCUT2D eigenvalue weighted by molar-refractivity contribution is 0.0695. The Labute approximate surface area is 106 Å². The lowest BCUT2D eigenvalue weighted by Gasteiger charge is -2.07. The summed E-state index contributed by atoms with van der Waals surface area (Å²) in [6, 6.07) is 0.735. The predicted molar refractivity (Wildman–Crippen MR) is 67.9 cm³/mol. The van der Waals surface area contributed by atoms with Gasteiger partial charge in [0.1, 0.15) is 0 Å². The molecule has 0 atom stereocenters. The molecule has 18 heavy (non-hydrogen) atoms. The molecule has 1 heterocycles. The number of carboxylic acid groups (broad SMARTS) is 1. The van der Waals surface area contributed by atoms with Gasteiger partial charge in [0.15, 0.2) is 0 Å². The number of hydrogen-bond donors (Lipinski definition) is 3. The SMILES string of the molecule is Cc1nc(NCCCNC2CC2)ncc1C(=O)O. The van der Waals surface area contributed by atoms with Crippen LogP contribution in [0.15, 0.2) is 6.20 Å². The molecule has 0 saturated heterocycles. The van der Waals surface area contributed by atoms with E-state index < -0.39 is 5.97 Å². The molecular formula is C12H18N4O2. The first-order valence-corrected chi connectivity index (χ1v) is 6.21. The summed E-state index contributed by atoms with van der Waals surface area (Å²) in [5, 5.41) is 15.4. The third kappa shape index (κ3) is 3.66. The Kier molecular flexibility index (Phi) is 4.09. The van der Waals surface area contributed by atoms with Crippen molar-refractivity contribution in [3.05, 3.63) is 17.5 Å². The van der Waals surface area contributed by atoms with E-state index >= 15 is 0 Å². The van der Waals surface area contributed by atoms with Gasteiger partial charge in [0, 0.05) is 18.8 Å². The minimum atomic E-state index is -0.993. The smallest absolute Gasteiger partial charge is 0.339 e. The summed E-state index contributed by atoms with van der Waals surface area (Å²) < 4.78 is 0. The fourth-order valence-electron chi connectivity index (χ4n) is 1.64. The van der Waals surface area contributed by atoms with Crippen molar-refractivity contribution >= 4 is 11.9 Å². The molecule has 1 fully saturated rings. The maximum absolute atomic E-state index is 10.8. The molecule has 0 spiro atoms. The minimum absolute atomic E-state index is 0.149. The van der Waals surface area contributed by atoms with Gasteiger partial charge in [0.2, 0.25) is 5.95 Å². The monoisotopic (exact) mass is 250 g/mol. The number of aryl methyl sites for hydroxylation is 1. The van der Waals surface area contributed by atoms with E-state index in [1.165, 1.54) is 19.0 Å². The first kappa shape index (κ1) is 12.8. The van der Waals surface area contributed by atoms with Gasteiger partial charge in [-0.2, -0.15) is 0 Å². The highest BCUT2D eigenvalue weighted by atomic mass is 16.4. The average molecular weight is 250 g/mol. The van der Waals surface area contributed by atoms with Gasteiger partial charge in [-0.1, -0.05) is 0 Å². The quantitative estimate of drug-likeness (QED) is 0.627. The number of carbonyl (C=O) groups is 1. The highest BCUT2D eigenvalue weighted by Gasteiger charge is 2.19. The van der Waals surface area contributed by atoms with Crippen molar-refractivity contribution in [1.82, 2.24) is 15.3 Å². The topological polar surface area (TPSA) is 87.1 Å². The number of aromatic nitrogens is 2. The summed E-state index contributed by atoms with van der Waals surface area (Å²) in [6.07, 6.45) is 4.94. The van der Waals surface area contributed by atoms with Gasteiger partial charge in [-0.25, -0.2) is 14.8 Å². The van der Waals surface area contributed by atoms with Crippen molar-refractivity contribution in [3.8, 4) is 0 Å². The van der Waals surface area contributed by atoms with Crippen LogP contribution < -0.4 is 10.6 Å². The van der Waals surface area contributed by atoms with Crippen LogP contribution >= 0.6 is 0 Å². The summed E-state index contributed by atoms with van der Waals surface area (Å²) in [5.41, 5.74) is 0.632. The zero-order chi connectivity index (χ0) is 13.0. The second-order valence-electron chi connectivity index (χ2n) is 4.51. The van der Waals surface area contributed by atoms with E-state index in [1.807, 2.05) is 0 Å². The fourth-order valence-corrected chi connectivity index (χ4v) is 1.64. The van der Waals surface area contributed by atoms with Gasteiger partial charge in [0.05, 0.1) is 11.3 Å². The maximum Gasteiger partial charge on any atom is 0.339 e. The molecule has 0 aliphatic heterocycles. The van der Waals surface area contributed by atoms with Crippen molar-refractivity contribution < 1.29 is 9.90 Å². The van der Waals surface area contributed by atoms with Crippen molar-refractivity contribution in [2.45, 2.75) is 32.2 Å². The number of hydrogen-bond acceptors (Lipinski definition) is 5. The Morgan fingerprint density at radius 1 is 1.50 bits per heavy atom. The van der Waals surface area contributed by atoms with E-state index in [2.05, 4.69) is 20.6 Å². The molecule has 0 aromatic carbocycles. The van der Waals surface area contributed by atoms with Crippen LogP contribution in [0.5, 0.6) is 0 Å². The minimum Gasteiger partial charge on any atom is -0.478 e. The first-order chi connectivity index (χ1) is 8.66. The van der Waals surface area contributed by atoms with Gasteiger partial charge in [-0.05, 0) is 32.7 Å². The van der Waals surface area contributed by atoms with E-state index in [1.54, 1.807) is 6.92 Å². The van der Waals surface area contributed by atoms with Crippen LogP contribution in [0.1, 0.15) is 35.3 Å². The van der Waals surface area contributed by atoms with Gasteiger partial charge >= 0.3 is 5.97 Å². The Balaban J connectivity index is 1.74.